The molecule has 0 fully saturated rings. The third kappa shape index (κ3) is 6.90. The van der Waals surface area contributed by atoms with E-state index in [0.29, 0.717) is 18.8 Å². The molecule has 2 aromatic carbocycles. The van der Waals surface area contributed by atoms with Crippen LogP contribution in [0.5, 0.6) is 5.75 Å². The van der Waals surface area contributed by atoms with Gasteiger partial charge in [0.15, 0.2) is 6.61 Å². The summed E-state index contributed by atoms with van der Waals surface area (Å²) in [5.74, 6) is 0.339. The Bertz CT molecular complexity index is 863. The van der Waals surface area contributed by atoms with Crippen molar-refractivity contribution in [2.24, 2.45) is 0 Å². The molecule has 162 valence electrons. The summed E-state index contributed by atoms with van der Waals surface area (Å²) in [5, 5.41) is 2.93. The Morgan fingerprint density at radius 3 is 2.50 bits per heavy atom. The van der Waals surface area contributed by atoms with Crippen molar-refractivity contribution in [2.45, 2.75) is 60.0 Å². The Morgan fingerprint density at radius 1 is 1.07 bits per heavy atom. The van der Waals surface area contributed by atoms with Crippen LogP contribution in [0.15, 0.2) is 42.5 Å². The normalized spacial score (nSPS) is 11.6. The maximum absolute atomic E-state index is 13.1. The average molecular weight is 411 g/mol. The average Bonchev–Trinajstić information content (AvgIpc) is 2.72. The van der Waals surface area contributed by atoms with Crippen LogP contribution in [0.2, 0.25) is 0 Å². The molecule has 1 unspecified atom stereocenters. The Hall–Kier alpha value is -2.82. The number of benzene rings is 2. The van der Waals surface area contributed by atoms with Crippen LogP contribution in [-0.2, 0) is 16.1 Å². The van der Waals surface area contributed by atoms with Crippen LogP contribution in [0.1, 0.15) is 48.9 Å². The van der Waals surface area contributed by atoms with E-state index in [0.717, 1.165) is 35.1 Å². The highest BCUT2D eigenvalue weighted by Gasteiger charge is 2.26. The van der Waals surface area contributed by atoms with Crippen LogP contribution < -0.4 is 10.1 Å². The van der Waals surface area contributed by atoms with Crippen molar-refractivity contribution in [3.05, 3.63) is 64.7 Å². The van der Waals surface area contributed by atoms with Crippen LogP contribution >= 0.6 is 0 Å². The number of nitrogens with zero attached hydrogens (tertiary/aromatic N) is 1. The molecule has 1 N–H and O–H groups in total. The van der Waals surface area contributed by atoms with Gasteiger partial charge in [0.1, 0.15) is 11.8 Å². The van der Waals surface area contributed by atoms with Gasteiger partial charge in [0.2, 0.25) is 5.91 Å². The molecule has 2 amide bonds. The lowest BCUT2D eigenvalue weighted by molar-refractivity contribution is -0.142. The zero-order valence-corrected chi connectivity index (χ0v) is 18.8. The molecule has 0 spiro atoms. The van der Waals surface area contributed by atoms with Crippen molar-refractivity contribution in [1.29, 1.82) is 0 Å². The fourth-order valence-electron chi connectivity index (χ4n) is 3.21. The highest BCUT2D eigenvalue weighted by Crippen LogP contribution is 2.19. The summed E-state index contributed by atoms with van der Waals surface area (Å²) >= 11 is 0. The summed E-state index contributed by atoms with van der Waals surface area (Å²) in [5.41, 5.74) is 4.15. The molecule has 1 atom stereocenters. The van der Waals surface area contributed by atoms with Gasteiger partial charge in [-0.25, -0.2) is 0 Å². The van der Waals surface area contributed by atoms with Gasteiger partial charge in [0.25, 0.3) is 5.91 Å². The summed E-state index contributed by atoms with van der Waals surface area (Å²) in [7, 11) is 0. The molecule has 5 nitrogen and oxygen atoms in total. The Morgan fingerprint density at radius 2 is 1.80 bits per heavy atom. The minimum absolute atomic E-state index is 0.108. The molecule has 0 aliphatic rings. The number of carbonyl (C=O) groups is 2. The van der Waals surface area contributed by atoms with Crippen molar-refractivity contribution in [3.63, 3.8) is 0 Å². The molecule has 0 aliphatic carbocycles. The van der Waals surface area contributed by atoms with E-state index in [-0.39, 0.29) is 18.4 Å². The van der Waals surface area contributed by atoms with Crippen molar-refractivity contribution >= 4 is 11.8 Å². The first-order chi connectivity index (χ1) is 14.3. The summed E-state index contributed by atoms with van der Waals surface area (Å²) in [6.07, 6.45) is 1.92. The van der Waals surface area contributed by atoms with E-state index >= 15 is 0 Å². The maximum Gasteiger partial charge on any atom is 0.261 e. The number of hydrogen-bond acceptors (Lipinski definition) is 3. The lowest BCUT2D eigenvalue weighted by Crippen LogP contribution is -2.49. The van der Waals surface area contributed by atoms with E-state index in [4.69, 9.17) is 4.74 Å². The van der Waals surface area contributed by atoms with Crippen LogP contribution in [0.4, 0.5) is 0 Å². The van der Waals surface area contributed by atoms with Crippen molar-refractivity contribution < 1.29 is 14.3 Å². The number of amides is 2. The molecule has 5 heteroatoms. The first-order valence-corrected chi connectivity index (χ1v) is 10.6. The third-order valence-corrected chi connectivity index (χ3v) is 5.13. The number of unbranched alkanes of at least 4 members (excludes halogenated alkanes) is 1. The van der Waals surface area contributed by atoms with Gasteiger partial charge in [-0.1, -0.05) is 55.3 Å². The van der Waals surface area contributed by atoms with Gasteiger partial charge in [-0.3, -0.25) is 9.59 Å². The second-order valence-electron chi connectivity index (χ2n) is 7.89. The molecule has 0 aliphatic heterocycles. The number of aryl methyl sites for hydroxylation is 3. The van der Waals surface area contributed by atoms with Crippen LogP contribution in [0.3, 0.4) is 0 Å². The van der Waals surface area contributed by atoms with Gasteiger partial charge in [-0.2, -0.15) is 0 Å². The van der Waals surface area contributed by atoms with Crippen molar-refractivity contribution in [3.8, 4) is 5.75 Å². The summed E-state index contributed by atoms with van der Waals surface area (Å²) in [4.78, 5) is 27.3. The monoisotopic (exact) mass is 410 g/mol. The quantitative estimate of drug-likeness (QED) is 0.593. The Labute approximate surface area is 180 Å². The minimum Gasteiger partial charge on any atom is -0.483 e. The van der Waals surface area contributed by atoms with Crippen LogP contribution in [0.25, 0.3) is 0 Å². The highest BCUT2D eigenvalue weighted by molar-refractivity contribution is 5.88. The molecule has 0 bridgehead atoms. The topological polar surface area (TPSA) is 58.6 Å². The molecule has 2 aromatic rings. The molecular formula is C25H34N2O3. The first kappa shape index (κ1) is 23.5. The summed E-state index contributed by atoms with van der Waals surface area (Å²) in [6.45, 7) is 10.7. The van der Waals surface area contributed by atoms with Crippen LogP contribution in [-0.4, -0.2) is 35.9 Å². The van der Waals surface area contributed by atoms with E-state index in [9.17, 15) is 9.59 Å². The predicted octanol–water partition coefficient (Wildman–Crippen LogP) is 4.32. The van der Waals surface area contributed by atoms with E-state index in [1.165, 1.54) is 0 Å². The largest absolute Gasteiger partial charge is 0.483 e. The van der Waals surface area contributed by atoms with Gasteiger partial charge in [-0.05, 0) is 56.9 Å². The number of rotatable bonds is 10. The van der Waals surface area contributed by atoms with Gasteiger partial charge >= 0.3 is 0 Å². The Balaban J connectivity index is 2.15. The zero-order valence-electron chi connectivity index (χ0n) is 18.8. The molecule has 0 radical (unpaired) electrons. The zero-order chi connectivity index (χ0) is 22.1. The second kappa shape index (κ2) is 11.4. The lowest BCUT2D eigenvalue weighted by Gasteiger charge is -2.29. The van der Waals surface area contributed by atoms with Gasteiger partial charge in [-0.15, -0.1) is 0 Å². The van der Waals surface area contributed by atoms with Crippen LogP contribution in [0, 0.1) is 20.8 Å². The molecule has 0 aromatic heterocycles. The highest BCUT2D eigenvalue weighted by atomic mass is 16.5. The lowest BCUT2D eigenvalue weighted by atomic mass is 10.1. The predicted molar refractivity (Wildman–Crippen MR) is 121 cm³/mol. The molecule has 2 rings (SSSR count). The van der Waals surface area contributed by atoms with E-state index in [2.05, 4.69) is 12.2 Å². The van der Waals surface area contributed by atoms with E-state index in [1.807, 2.05) is 63.2 Å². The SMILES string of the molecule is CCCCNC(=O)C(C)N(Cc1cccc(C)c1)C(=O)COc1cc(C)ccc1C. The van der Waals surface area contributed by atoms with E-state index < -0.39 is 6.04 Å². The smallest absolute Gasteiger partial charge is 0.261 e. The second-order valence-corrected chi connectivity index (χ2v) is 7.89. The summed E-state index contributed by atoms with van der Waals surface area (Å²) in [6, 6.07) is 13.3. The number of carbonyl (C=O) groups excluding carboxylic acids is 2. The fraction of sp³-hybridized carbons (Fsp3) is 0.440. The number of nitrogens with one attached hydrogen (secondary N) is 1. The maximum atomic E-state index is 13.1. The molecule has 0 saturated carbocycles. The number of ether oxygens (including phenoxy) is 1. The molecule has 30 heavy (non-hydrogen) atoms. The van der Waals surface area contributed by atoms with Gasteiger partial charge < -0.3 is 15.0 Å². The van der Waals surface area contributed by atoms with E-state index in [1.54, 1.807) is 11.8 Å². The van der Waals surface area contributed by atoms with Gasteiger partial charge in [0, 0.05) is 13.1 Å². The third-order valence-electron chi connectivity index (χ3n) is 5.13. The molecule has 0 saturated heterocycles. The van der Waals surface area contributed by atoms with Crippen molar-refractivity contribution in [1.82, 2.24) is 10.2 Å². The first-order valence-electron chi connectivity index (χ1n) is 10.6. The van der Waals surface area contributed by atoms with Gasteiger partial charge in [0.05, 0.1) is 0 Å². The molecular weight excluding hydrogens is 376 g/mol. The summed E-state index contributed by atoms with van der Waals surface area (Å²) < 4.78 is 5.83. The molecule has 0 heterocycles. The minimum atomic E-state index is -0.586. The standard InChI is InChI=1S/C25H34N2O3/c1-6-7-13-26-25(29)21(5)27(16-22-10-8-9-18(2)14-22)24(28)17-30-23-15-19(3)11-12-20(23)4/h8-12,14-15,21H,6-7,13,16-17H2,1-5H3,(H,26,29). The fourth-order valence-corrected chi connectivity index (χ4v) is 3.21. The van der Waals surface area contributed by atoms with Crippen molar-refractivity contribution in [2.75, 3.05) is 13.2 Å². The number of hydrogen-bond donors (Lipinski definition) is 1. The Kier molecular flexibility index (Phi) is 8.90.